The molecule has 0 aliphatic heterocycles. The molecule has 0 heterocycles. The largest absolute Gasteiger partial charge is 0.508 e. The number of aryl methyl sites for hydroxylation is 2. The van der Waals surface area contributed by atoms with E-state index in [1.54, 1.807) is 0 Å². The summed E-state index contributed by atoms with van der Waals surface area (Å²) in [6.45, 7) is 4.36. The molecule has 0 unspecified atom stereocenters. The highest BCUT2D eigenvalue weighted by Gasteiger charge is 1.88. The monoisotopic (exact) mass is 244 g/mol. The van der Waals surface area contributed by atoms with Gasteiger partial charge in [-0.3, -0.25) is 0 Å². The lowest BCUT2D eigenvalue weighted by Gasteiger charge is -1.97. The molecule has 0 fully saturated rings. The molecule has 0 bridgehead atoms. The summed E-state index contributed by atoms with van der Waals surface area (Å²) in [5, 5.41) is 17.3. The first kappa shape index (κ1) is 14.1. The van der Waals surface area contributed by atoms with Crippen LogP contribution < -0.4 is 0 Å². The Labute approximate surface area is 109 Å². The van der Waals surface area contributed by atoms with Crippen molar-refractivity contribution in [1.29, 1.82) is 0 Å². The van der Waals surface area contributed by atoms with Crippen LogP contribution in [0.3, 0.4) is 0 Å². The quantitative estimate of drug-likeness (QED) is 0.786. The molecule has 0 aliphatic rings. The minimum Gasteiger partial charge on any atom is -0.508 e. The highest BCUT2D eigenvalue weighted by Crippen LogP contribution is 2.13. The van der Waals surface area contributed by atoms with Crippen molar-refractivity contribution in [3.63, 3.8) is 0 Å². The Morgan fingerprint density at radius 3 is 1.11 bits per heavy atom. The molecular formula is C16H20O2. The topological polar surface area (TPSA) is 40.5 Å². The Bertz CT molecular complexity index is 400. The lowest BCUT2D eigenvalue weighted by molar-refractivity contribution is 0.460. The Hall–Kier alpha value is -1.96. The van der Waals surface area contributed by atoms with E-state index in [1.165, 1.54) is 35.4 Å². The number of phenolic OH excluding ortho intramolecular Hbond substituents is 2. The maximum Gasteiger partial charge on any atom is 0.115 e. The van der Waals surface area contributed by atoms with Gasteiger partial charge in [-0.25, -0.2) is 0 Å². The van der Waals surface area contributed by atoms with Crippen LogP contribution in [0.15, 0.2) is 48.5 Å². The number of phenols is 2. The van der Waals surface area contributed by atoms with E-state index >= 15 is 0 Å². The Kier molecular flexibility index (Phi) is 5.78. The summed E-state index contributed by atoms with van der Waals surface area (Å²) >= 11 is 0. The third-order valence-electron chi connectivity index (χ3n) is 2.69. The molecule has 2 aromatic rings. The van der Waals surface area contributed by atoms with E-state index in [4.69, 9.17) is 10.2 Å². The van der Waals surface area contributed by atoms with Gasteiger partial charge in [0.25, 0.3) is 0 Å². The van der Waals surface area contributed by atoms with Crippen LogP contribution in [0.1, 0.15) is 25.0 Å². The van der Waals surface area contributed by atoms with Crippen LogP contribution in [0, 0.1) is 0 Å². The van der Waals surface area contributed by atoms with Gasteiger partial charge in [0.1, 0.15) is 11.5 Å². The van der Waals surface area contributed by atoms with Gasteiger partial charge < -0.3 is 10.2 Å². The molecule has 2 N–H and O–H groups in total. The van der Waals surface area contributed by atoms with E-state index in [2.05, 4.69) is 38.1 Å². The number of rotatable bonds is 2. The van der Waals surface area contributed by atoms with Gasteiger partial charge >= 0.3 is 0 Å². The van der Waals surface area contributed by atoms with Gasteiger partial charge in [-0.15, -0.1) is 0 Å². The van der Waals surface area contributed by atoms with E-state index < -0.39 is 0 Å². The molecule has 0 radical (unpaired) electrons. The second-order valence-electron chi connectivity index (χ2n) is 4.04. The lowest BCUT2D eigenvalue weighted by atomic mass is 10.1. The van der Waals surface area contributed by atoms with Gasteiger partial charge in [0.2, 0.25) is 0 Å². The maximum absolute atomic E-state index is 8.65. The van der Waals surface area contributed by atoms with Crippen molar-refractivity contribution in [3.8, 4) is 11.5 Å². The van der Waals surface area contributed by atoms with E-state index in [9.17, 15) is 0 Å². The molecular weight excluding hydrogens is 224 g/mol. The van der Waals surface area contributed by atoms with Crippen LogP contribution in [0.4, 0.5) is 0 Å². The molecule has 0 spiro atoms. The predicted octanol–water partition coefficient (Wildman–Crippen LogP) is 3.91. The average Bonchev–Trinajstić information content (AvgIpc) is 2.43. The zero-order valence-corrected chi connectivity index (χ0v) is 10.9. The molecule has 2 heteroatoms. The zero-order valence-electron chi connectivity index (χ0n) is 10.9. The molecule has 2 aromatic carbocycles. The molecule has 2 rings (SSSR count). The molecule has 0 saturated heterocycles. The normalized spacial score (nSPS) is 9.44. The number of hydrogen-bond donors (Lipinski definition) is 2. The number of benzene rings is 2. The molecule has 2 nitrogen and oxygen atoms in total. The lowest BCUT2D eigenvalue weighted by Crippen LogP contribution is -1.81. The standard InChI is InChI=1S/C10H14.C6H6O2/c1-3-9-5-7-10(4-2)8-6-9;7-5-1-2-6(8)4-3-5/h5-8H,3-4H2,1-2H3;1-4,7-8H. The van der Waals surface area contributed by atoms with Crippen molar-refractivity contribution >= 4 is 0 Å². The molecule has 0 aliphatic carbocycles. The summed E-state index contributed by atoms with van der Waals surface area (Å²) in [6, 6.07) is 14.5. The summed E-state index contributed by atoms with van der Waals surface area (Å²) in [4.78, 5) is 0. The van der Waals surface area contributed by atoms with Crippen LogP contribution in [0.2, 0.25) is 0 Å². The molecule has 0 amide bonds. The Morgan fingerprint density at radius 1 is 0.611 bits per heavy atom. The Balaban J connectivity index is 0.000000184. The van der Waals surface area contributed by atoms with Crippen molar-refractivity contribution in [1.82, 2.24) is 0 Å². The van der Waals surface area contributed by atoms with E-state index in [0.29, 0.717) is 0 Å². The van der Waals surface area contributed by atoms with Gasteiger partial charge in [0, 0.05) is 0 Å². The summed E-state index contributed by atoms with van der Waals surface area (Å²) < 4.78 is 0. The van der Waals surface area contributed by atoms with Crippen molar-refractivity contribution in [2.75, 3.05) is 0 Å². The van der Waals surface area contributed by atoms with Crippen LogP contribution >= 0.6 is 0 Å². The smallest absolute Gasteiger partial charge is 0.115 e. The van der Waals surface area contributed by atoms with Gasteiger partial charge in [0.05, 0.1) is 0 Å². The van der Waals surface area contributed by atoms with E-state index in [1.807, 2.05) is 0 Å². The molecule has 0 atom stereocenters. The van der Waals surface area contributed by atoms with E-state index in [0.717, 1.165) is 12.8 Å². The van der Waals surface area contributed by atoms with Crippen LogP contribution in [0.5, 0.6) is 11.5 Å². The van der Waals surface area contributed by atoms with Gasteiger partial charge in [-0.2, -0.15) is 0 Å². The van der Waals surface area contributed by atoms with Crippen molar-refractivity contribution in [3.05, 3.63) is 59.7 Å². The zero-order chi connectivity index (χ0) is 13.4. The fraction of sp³-hybridized carbons (Fsp3) is 0.250. The second kappa shape index (κ2) is 7.38. The van der Waals surface area contributed by atoms with Gasteiger partial charge in [0.15, 0.2) is 0 Å². The van der Waals surface area contributed by atoms with Gasteiger partial charge in [-0.1, -0.05) is 38.1 Å². The first-order valence-electron chi connectivity index (χ1n) is 6.21. The van der Waals surface area contributed by atoms with Crippen molar-refractivity contribution in [2.45, 2.75) is 26.7 Å². The Morgan fingerprint density at radius 2 is 0.889 bits per heavy atom. The highest BCUT2D eigenvalue weighted by molar-refractivity contribution is 5.28. The minimum atomic E-state index is 0.169. The molecule has 18 heavy (non-hydrogen) atoms. The second-order valence-corrected chi connectivity index (χ2v) is 4.04. The fourth-order valence-corrected chi connectivity index (χ4v) is 1.46. The summed E-state index contributed by atoms with van der Waals surface area (Å²) in [7, 11) is 0. The van der Waals surface area contributed by atoms with Gasteiger partial charge in [-0.05, 0) is 48.2 Å². The first-order valence-corrected chi connectivity index (χ1v) is 6.21. The number of aromatic hydroxyl groups is 2. The fourth-order valence-electron chi connectivity index (χ4n) is 1.46. The maximum atomic E-state index is 8.65. The van der Waals surface area contributed by atoms with Crippen molar-refractivity contribution in [2.24, 2.45) is 0 Å². The third-order valence-corrected chi connectivity index (χ3v) is 2.69. The first-order chi connectivity index (χ1) is 8.65. The van der Waals surface area contributed by atoms with Crippen LogP contribution in [-0.2, 0) is 12.8 Å². The SMILES string of the molecule is CCc1ccc(CC)cc1.Oc1ccc(O)cc1. The number of hydrogen-bond acceptors (Lipinski definition) is 2. The van der Waals surface area contributed by atoms with Crippen LogP contribution in [0.25, 0.3) is 0 Å². The summed E-state index contributed by atoms with van der Waals surface area (Å²) in [5.74, 6) is 0.339. The predicted molar refractivity (Wildman–Crippen MR) is 75.0 cm³/mol. The highest BCUT2D eigenvalue weighted by atomic mass is 16.3. The summed E-state index contributed by atoms with van der Waals surface area (Å²) in [5.41, 5.74) is 2.86. The summed E-state index contributed by atoms with van der Waals surface area (Å²) in [6.07, 6.45) is 2.29. The minimum absolute atomic E-state index is 0.169. The van der Waals surface area contributed by atoms with Crippen molar-refractivity contribution < 1.29 is 10.2 Å². The van der Waals surface area contributed by atoms with E-state index in [-0.39, 0.29) is 11.5 Å². The molecule has 0 saturated carbocycles. The average molecular weight is 244 g/mol. The molecule has 0 aromatic heterocycles. The molecule has 96 valence electrons. The third kappa shape index (κ3) is 4.91. The van der Waals surface area contributed by atoms with Crippen LogP contribution in [-0.4, -0.2) is 10.2 Å².